The van der Waals surface area contributed by atoms with Crippen molar-refractivity contribution in [3.8, 4) is 5.75 Å². The van der Waals surface area contributed by atoms with Crippen LogP contribution in [0.1, 0.15) is 66.2 Å². The van der Waals surface area contributed by atoms with Crippen LogP contribution in [0.5, 0.6) is 5.75 Å². The van der Waals surface area contributed by atoms with E-state index in [0.29, 0.717) is 30.4 Å². The molecule has 7 heteroatoms. The molecule has 182 valence electrons. The van der Waals surface area contributed by atoms with Crippen LogP contribution in [0.4, 0.5) is 5.69 Å². The van der Waals surface area contributed by atoms with Gasteiger partial charge in [-0.05, 0) is 69.4 Å². The fourth-order valence-corrected chi connectivity index (χ4v) is 6.74. The zero-order chi connectivity index (χ0) is 23.4. The van der Waals surface area contributed by atoms with Gasteiger partial charge >= 0.3 is 0 Å². The largest absolute Gasteiger partial charge is 0.497 e. The van der Waals surface area contributed by atoms with E-state index in [1.807, 2.05) is 31.2 Å². The molecule has 4 saturated heterocycles. The fraction of sp³-hybridized carbons (Fsp3) is 0.731. The maximum absolute atomic E-state index is 12.8. The van der Waals surface area contributed by atoms with E-state index in [1.165, 1.54) is 6.42 Å². The average Bonchev–Trinajstić information content (AvgIpc) is 3.02. The van der Waals surface area contributed by atoms with Crippen molar-refractivity contribution >= 4 is 11.6 Å². The van der Waals surface area contributed by atoms with Gasteiger partial charge in [0.2, 0.25) is 11.7 Å². The van der Waals surface area contributed by atoms with Crippen LogP contribution in [-0.2, 0) is 24.0 Å². The molecule has 7 nitrogen and oxygen atoms in total. The number of carbonyl (C=O) groups excluding carboxylic acids is 1. The summed E-state index contributed by atoms with van der Waals surface area (Å²) >= 11 is 0. The first-order valence-corrected chi connectivity index (χ1v) is 12.4. The van der Waals surface area contributed by atoms with Crippen LogP contribution in [0, 0.1) is 23.7 Å². The Kier molecular flexibility index (Phi) is 5.75. The maximum Gasteiger partial charge on any atom is 0.224 e. The number of carbonyl (C=O) groups is 1. The number of nitrogens with one attached hydrogen (secondary N) is 1. The van der Waals surface area contributed by atoms with E-state index in [2.05, 4.69) is 26.1 Å². The molecule has 1 spiro atoms. The van der Waals surface area contributed by atoms with Gasteiger partial charge in [0.15, 0.2) is 11.9 Å². The molecule has 5 aliphatic rings. The molecule has 1 aromatic rings. The summed E-state index contributed by atoms with van der Waals surface area (Å²) in [6.07, 6.45) is 4.51. The van der Waals surface area contributed by atoms with Crippen molar-refractivity contribution in [2.75, 3.05) is 12.4 Å². The number of anilines is 1. The number of methoxy groups -OCH3 is 1. The lowest BCUT2D eigenvalue weighted by atomic mass is 9.55. The molecule has 1 saturated carbocycles. The second kappa shape index (κ2) is 8.22. The minimum Gasteiger partial charge on any atom is -0.497 e. The summed E-state index contributed by atoms with van der Waals surface area (Å²) in [7, 11) is 1.62. The third-order valence-electron chi connectivity index (χ3n) is 8.92. The standard InChI is InChI=1S/C26H37NO6/c1-16-9-10-21-17(2)24(3,13-12-22(28)27-18-7-6-8-19(15-18)29-5)30-23-26(21)20(16)11-14-25(4,31-23)32-33-26/h6-8,15-17,20-21,23H,9-14H2,1-5H3,(H,27,28)/t16-,17-,20+,21+,23-,24?,25+,26-/m1/s1. The third kappa shape index (κ3) is 3.77. The van der Waals surface area contributed by atoms with Crippen LogP contribution in [0.3, 0.4) is 0 Å². The molecule has 0 aromatic heterocycles. The minimum atomic E-state index is -0.789. The smallest absolute Gasteiger partial charge is 0.224 e. The Hall–Kier alpha value is -1.67. The van der Waals surface area contributed by atoms with Crippen molar-refractivity contribution in [2.24, 2.45) is 23.7 Å². The van der Waals surface area contributed by atoms with Gasteiger partial charge in [-0.3, -0.25) is 4.79 Å². The van der Waals surface area contributed by atoms with Gasteiger partial charge in [0.25, 0.3) is 0 Å². The first kappa shape index (κ1) is 23.1. The normalized spacial score (nSPS) is 44.0. The summed E-state index contributed by atoms with van der Waals surface area (Å²) in [5.74, 6) is 1.22. The summed E-state index contributed by atoms with van der Waals surface area (Å²) in [5.41, 5.74) is -0.343. The SMILES string of the molecule is COc1cccc(NC(=O)CCC2(C)O[C@@H]3O[C@]4(C)CC[C@H]5[C@H](C)CC[C@@H]([C@H]2C)[C@@]35OO4)c1. The molecule has 4 heterocycles. The fourth-order valence-electron chi connectivity index (χ4n) is 6.74. The highest BCUT2D eigenvalue weighted by Gasteiger charge is 2.70. The summed E-state index contributed by atoms with van der Waals surface area (Å²) in [6, 6.07) is 7.40. The van der Waals surface area contributed by atoms with Gasteiger partial charge in [0.05, 0.1) is 12.7 Å². The number of ether oxygens (including phenoxy) is 3. The molecule has 0 radical (unpaired) electrons. The predicted octanol–water partition coefficient (Wildman–Crippen LogP) is 5.05. The summed E-state index contributed by atoms with van der Waals surface area (Å²) in [4.78, 5) is 24.9. The Morgan fingerprint density at radius 1 is 1.12 bits per heavy atom. The van der Waals surface area contributed by atoms with Crippen LogP contribution in [0.15, 0.2) is 24.3 Å². The molecule has 8 atom stereocenters. The Morgan fingerprint density at radius 3 is 2.73 bits per heavy atom. The van der Waals surface area contributed by atoms with E-state index in [-0.39, 0.29) is 17.7 Å². The van der Waals surface area contributed by atoms with Crippen LogP contribution < -0.4 is 10.1 Å². The Balaban J connectivity index is 1.34. The van der Waals surface area contributed by atoms with Crippen molar-refractivity contribution in [1.29, 1.82) is 0 Å². The molecule has 1 aliphatic carbocycles. The van der Waals surface area contributed by atoms with Gasteiger partial charge in [-0.1, -0.05) is 19.9 Å². The summed E-state index contributed by atoms with van der Waals surface area (Å²) in [5, 5.41) is 2.99. The highest BCUT2D eigenvalue weighted by atomic mass is 17.3. The number of fused-ring (bicyclic) bond motifs is 2. The van der Waals surface area contributed by atoms with Gasteiger partial charge in [0, 0.05) is 30.5 Å². The monoisotopic (exact) mass is 459 g/mol. The molecular formula is C26H37NO6. The lowest BCUT2D eigenvalue weighted by Crippen LogP contribution is -2.72. The second-order valence-corrected chi connectivity index (χ2v) is 10.9. The zero-order valence-corrected chi connectivity index (χ0v) is 20.4. The molecule has 2 bridgehead atoms. The lowest BCUT2D eigenvalue weighted by molar-refractivity contribution is -0.576. The van der Waals surface area contributed by atoms with E-state index >= 15 is 0 Å². The molecule has 1 N–H and O–H groups in total. The van der Waals surface area contributed by atoms with E-state index in [1.54, 1.807) is 7.11 Å². The topological polar surface area (TPSA) is 75.3 Å². The number of rotatable bonds is 5. The molecule has 4 aliphatic heterocycles. The quantitative estimate of drug-likeness (QED) is 0.621. The molecule has 1 amide bonds. The highest BCUT2D eigenvalue weighted by Crippen LogP contribution is 2.62. The molecule has 1 aromatic carbocycles. The van der Waals surface area contributed by atoms with Crippen LogP contribution in [-0.4, -0.2) is 36.3 Å². The molecule has 6 rings (SSSR count). The molecular weight excluding hydrogens is 422 g/mol. The van der Waals surface area contributed by atoms with Gasteiger partial charge in [-0.25, -0.2) is 9.78 Å². The highest BCUT2D eigenvalue weighted by molar-refractivity contribution is 5.90. The van der Waals surface area contributed by atoms with Crippen LogP contribution >= 0.6 is 0 Å². The number of amides is 1. The van der Waals surface area contributed by atoms with Gasteiger partial charge < -0.3 is 19.5 Å². The molecule has 1 unspecified atom stereocenters. The van der Waals surface area contributed by atoms with Gasteiger partial charge in [-0.15, -0.1) is 0 Å². The van der Waals surface area contributed by atoms with Crippen LogP contribution in [0.2, 0.25) is 0 Å². The van der Waals surface area contributed by atoms with Gasteiger partial charge in [-0.2, -0.15) is 0 Å². The van der Waals surface area contributed by atoms with E-state index in [4.69, 9.17) is 24.0 Å². The first-order valence-electron chi connectivity index (χ1n) is 12.4. The Morgan fingerprint density at radius 2 is 1.94 bits per heavy atom. The van der Waals surface area contributed by atoms with E-state index < -0.39 is 23.3 Å². The summed E-state index contributed by atoms with van der Waals surface area (Å²) in [6.45, 7) is 8.63. The Bertz CT molecular complexity index is 909. The van der Waals surface area contributed by atoms with Crippen molar-refractivity contribution in [3.05, 3.63) is 24.3 Å². The van der Waals surface area contributed by atoms with E-state index in [0.717, 1.165) is 24.9 Å². The zero-order valence-electron chi connectivity index (χ0n) is 20.4. The number of benzene rings is 1. The third-order valence-corrected chi connectivity index (χ3v) is 8.92. The number of hydrogen-bond acceptors (Lipinski definition) is 6. The molecule has 5 fully saturated rings. The molecule has 33 heavy (non-hydrogen) atoms. The average molecular weight is 460 g/mol. The first-order chi connectivity index (χ1) is 15.7. The van der Waals surface area contributed by atoms with Crippen molar-refractivity contribution in [1.82, 2.24) is 0 Å². The summed E-state index contributed by atoms with van der Waals surface area (Å²) < 4.78 is 18.5. The minimum absolute atomic E-state index is 0.0365. The van der Waals surface area contributed by atoms with Crippen molar-refractivity contribution < 1.29 is 28.8 Å². The second-order valence-electron chi connectivity index (χ2n) is 10.9. The van der Waals surface area contributed by atoms with Crippen molar-refractivity contribution in [3.63, 3.8) is 0 Å². The van der Waals surface area contributed by atoms with Crippen LogP contribution in [0.25, 0.3) is 0 Å². The van der Waals surface area contributed by atoms with Gasteiger partial charge in [0.1, 0.15) is 5.75 Å². The van der Waals surface area contributed by atoms with Crippen molar-refractivity contribution in [2.45, 2.75) is 89.5 Å². The number of hydrogen-bond donors (Lipinski definition) is 1. The Labute approximate surface area is 196 Å². The maximum atomic E-state index is 12.8. The lowest BCUT2D eigenvalue weighted by Gasteiger charge is -2.63. The predicted molar refractivity (Wildman–Crippen MR) is 122 cm³/mol. The van der Waals surface area contributed by atoms with E-state index in [9.17, 15) is 4.79 Å².